The number of hydrogen-bond acceptors (Lipinski definition) is 4. The van der Waals surface area contributed by atoms with Crippen molar-refractivity contribution in [3.8, 4) is 0 Å². The molecule has 0 radical (unpaired) electrons. The summed E-state index contributed by atoms with van der Waals surface area (Å²) in [6.45, 7) is -0.253. The Labute approximate surface area is 173 Å². The van der Waals surface area contributed by atoms with E-state index in [-0.39, 0.29) is 34.2 Å². The predicted octanol–water partition coefficient (Wildman–Crippen LogP) is 4.31. The average Bonchev–Trinajstić information content (AvgIpc) is 2.73. The van der Waals surface area contributed by atoms with Crippen LogP contribution >= 0.6 is 11.6 Å². The maximum Gasteiger partial charge on any atom is 0.338 e. The minimum absolute atomic E-state index is 0.0278. The molecule has 8 heteroatoms. The molecule has 0 atom stereocenters. The van der Waals surface area contributed by atoms with E-state index in [1.807, 2.05) is 18.2 Å². The number of halogens is 2. The first kappa shape index (κ1) is 21.0. The van der Waals surface area contributed by atoms with Crippen molar-refractivity contribution < 1.29 is 22.3 Å². The largest absolute Gasteiger partial charge is 0.457 e. The lowest BCUT2D eigenvalue weighted by Crippen LogP contribution is -2.23. The molecule has 0 spiro atoms. The Morgan fingerprint density at radius 1 is 1.00 bits per heavy atom. The zero-order chi connectivity index (χ0) is 20.9. The number of esters is 1. The molecule has 0 aliphatic rings. The monoisotopic (exact) mass is 433 g/mol. The van der Waals surface area contributed by atoms with Gasteiger partial charge in [-0.15, -0.1) is 0 Å². The van der Waals surface area contributed by atoms with Gasteiger partial charge in [-0.2, -0.15) is 0 Å². The first-order valence-electron chi connectivity index (χ1n) is 8.60. The van der Waals surface area contributed by atoms with Crippen LogP contribution in [0, 0.1) is 5.82 Å². The van der Waals surface area contributed by atoms with Gasteiger partial charge >= 0.3 is 5.97 Å². The van der Waals surface area contributed by atoms with Crippen LogP contribution in [0.2, 0.25) is 5.02 Å². The third kappa shape index (κ3) is 5.41. The molecule has 1 N–H and O–H groups in total. The predicted molar refractivity (Wildman–Crippen MR) is 107 cm³/mol. The normalized spacial score (nSPS) is 11.2. The summed E-state index contributed by atoms with van der Waals surface area (Å²) in [5.74, 6) is -1.38. The summed E-state index contributed by atoms with van der Waals surface area (Å²) in [5, 5.41) is 0.138. The number of ether oxygens (including phenoxy) is 1. The lowest BCUT2D eigenvalue weighted by atomic mass is 10.2. The van der Waals surface area contributed by atoms with E-state index >= 15 is 0 Å². The fourth-order valence-corrected chi connectivity index (χ4v) is 3.82. The fourth-order valence-electron chi connectivity index (χ4n) is 2.54. The van der Waals surface area contributed by atoms with Crippen molar-refractivity contribution in [3.63, 3.8) is 0 Å². The highest BCUT2D eigenvalue weighted by Crippen LogP contribution is 2.21. The molecular formula is C21H17ClFNO4S. The van der Waals surface area contributed by atoms with Gasteiger partial charge in [0.15, 0.2) is 0 Å². The summed E-state index contributed by atoms with van der Waals surface area (Å²) in [7, 11) is -3.83. The van der Waals surface area contributed by atoms with Gasteiger partial charge in [-0.3, -0.25) is 0 Å². The lowest BCUT2D eigenvalue weighted by molar-refractivity contribution is 0.0469. The van der Waals surface area contributed by atoms with Crippen molar-refractivity contribution in [1.29, 1.82) is 0 Å². The molecule has 0 aliphatic carbocycles. The molecule has 0 heterocycles. The number of nitrogens with one attached hydrogen (secondary N) is 1. The number of hydrogen-bond donors (Lipinski definition) is 1. The number of sulfonamides is 1. The molecule has 3 aromatic rings. The van der Waals surface area contributed by atoms with E-state index in [1.54, 1.807) is 12.1 Å². The van der Waals surface area contributed by atoms with E-state index in [4.69, 9.17) is 16.3 Å². The minimum atomic E-state index is -3.83. The van der Waals surface area contributed by atoms with Crippen LogP contribution in [0.3, 0.4) is 0 Å². The standard InChI is InChI=1S/C21H17ClFNO4S/c22-19-10-5-11-20(23)18(19)14-28-21(25)16-8-4-9-17(12-16)29(26,27)24-13-15-6-2-1-3-7-15/h1-12,24H,13-14H2. The first-order valence-corrected chi connectivity index (χ1v) is 10.5. The second-order valence-corrected chi connectivity index (χ2v) is 8.29. The molecule has 0 saturated heterocycles. The summed E-state index contributed by atoms with van der Waals surface area (Å²) >= 11 is 5.91. The van der Waals surface area contributed by atoms with Gasteiger partial charge in [-0.25, -0.2) is 22.3 Å². The smallest absolute Gasteiger partial charge is 0.338 e. The SMILES string of the molecule is O=C(OCc1c(F)cccc1Cl)c1cccc(S(=O)(=O)NCc2ccccc2)c1. The summed E-state index contributed by atoms with van der Waals surface area (Å²) in [5.41, 5.74) is 0.879. The van der Waals surface area contributed by atoms with Crippen LogP contribution in [0.1, 0.15) is 21.5 Å². The number of benzene rings is 3. The summed E-state index contributed by atoms with van der Waals surface area (Å²) in [6.07, 6.45) is 0. The van der Waals surface area contributed by atoms with E-state index in [0.29, 0.717) is 0 Å². The van der Waals surface area contributed by atoms with Gasteiger partial charge in [-0.05, 0) is 35.9 Å². The lowest BCUT2D eigenvalue weighted by Gasteiger charge is -2.10. The minimum Gasteiger partial charge on any atom is -0.457 e. The van der Waals surface area contributed by atoms with Crippen LogP contribution in [0.15, 0.2) is 77.7 Å². The molecule has 0 amide bonds. The van der Waals surface area contributed by atoms with E-state index < -0.39 is 21.8 Å². The molecule has 0 fully saturated rings. The van der Waals surface area contributed by atoms with Crippen molar-refractivity contribution in [1.82, 2.24) is 4.72 Å². The highest BCUT2D eigenvalue weighted by Gasteiger charge is 2.17. The average molecular weight is 434 g/mol. The number of carbonyl (C=O) groups excluding carboxylic acids is 1. The van der Waals surface area contributed by atoms with Crippen molar-refractivity contribution in [2.75, 3.05) is 0 Å². The molecule has 0 saturated carbocycles. The second-order valence-electron chi connectivity index (χ2n) is 6.11. The maximum atomic E-state index is 13.8. The van der Waals surface area contributed by atoms with Gasteiger partial charge in [0.05, 0.1) is 15.5 Å². The molecule has 0 aliphatic heterocycles. The van der Waals surface area contributed by atoms with Gasteiger partial charge in [0.1, 0.15) is 12.4 Å². The Morgan fingerprint density at radius 2 is 1.72 bits per heavy atom. The molecule has 3 rings (SSSR count). The second kappa shape index (κ2) is 9.17. The van der Waals surface area contributed by atoms with Crippen LogP contribution in [-0.4, -0.2) is 14.4 Å². The molecule has 29 heavy (non-hydrogen) atoms. The topological polar surface area (TPSA) is 72.5 Å². The highest BCUT2D eigenvalue weighted by atomic mass is 35.5. The maximum absolute atomic E-state index is 13.8. The Balaban J connectivity index is 1.70. The third-order valence-electron chi connectivity index (χ3n) is 4.10. The van der Waals surface area contributed by atoms with Crippen LogP contribution in [0.25, 0.3) is 0 Å². The van der Waals surface area contributed by atoms with Crippen LogP contribution in [-0.2, 0) is 27.9 Å². The molecule has 5 nitrogen and oxygen atoms in total. The van der Waals surface area contributed by atoms with E-state index in [9.17, 15) is 17.6 Å². The first-order chi connectivity index (χ1) is 13.9. The molecule has 0 bridgehead atoms. The van der Waals surface area contributed by atoms with Gasteiger partial charge in [0.25, 0.3) is 0 Å². The quantitative estimate of drug-likeness (QED) is 0.563. The summed E-state index contributed by atoms with van der Waals surface area (Å²) in [4.78, 5) is 12.2. The highest BCUT2D eigenvalue weighted by molar-refractivity contribution is 7.89. The third-order valence-corrected chi connectivity index (χ3v) is 5.85. The zero-order valence-electron chi connectivity index (χ0n) is 15.1. The molecule has 3 aromatic carbocycles. The van der Waals surface area contributed by atoms with Gasteiger partial charge in [0, 0.05) is 12.1 Å². The summed E-state index contributed by atoms with van der Waals surface area (Å²) in [6, 6.07) is 18.6. The molecule has 150 valence electrons. The fraction of sp³-hybridized carbons (Fsp3) is 0.0952. The van der Waals surface area contributed by atoms with Crippen LogP contribution < -0.4 is 4.72 Å². The number of rotatable bonds is 7. The van der Waals surface area contributed by atoms with Crippen LogP contribution in [0.4, 0.5) is 4.39 Å². The van der Waals surface area contributed by atoms with Gasteiger partial charge in [-0.1, -0.05) is 54.1 Å². The van der Waals surface area contributed by atoms with Gasteiger partial charge < -0.3 is 4.74 Å². The number of carbonyl (C=O) groups is 1. The van der Waals surface area contributed by atoms with E-state index in [1.165, 1.54) is 42.5 Å². The van der Waals surface area contributed by atoms with E-state index in [2.05, 4.69) is 4.72 Å². The zero-order valence-corrected chi connectivity index (χ0v) is 16.7. The van der Waals surface area contributed by atoms with Crippen molar-refractivity contribution in [2.45, 2.75) is 18.0 Å². The molecule has 0 unspecified atom stereocenters. The van der Waals surface area contributed by atoms with E-state index in [0.717, 1.165) is 5.56 Å². The van der Waals surface area contributed by atoms with Crippen molar-refractivity contribution in [3.05, 3.63) is 100 Å². The molecule has 0 aromatic heterocycles. The Kier molecular flexibility index (Phi) is 6.64. The van der Waals surface area contributed by atoms with Crippen molar-refractivity contribution >= 4 is 27.6 Å². The Morgan fingerprint density at radius 3 is 2.45 bits per heavy atom. The molecular weight excluding hydrogens is 417 g/mol. The Hall–Kier alpha value is -2.74. The van der Waals surface area contributed by atoms with Gasteiger partial charge in [0.2, 0.25) is 10.0 Å². The van der Waals surface area contributed by atoms with Crippen LogP contribution in [0.5, 0.6) is 0 Å². The Bertz CT molecular complexity index is 1100. The van der Waals surface area contributed by atoms with Crippen molar-refractivity contribution in [2.24, 2.45) is 0 Å². The summed E-state index contributed by atoms with van der Waals surface area (Å²) < 4.78 is 46.4.